The molecule has 0 bridgehead atoms. The number of carbonyl (C=O) groups excluding carboxylic acids is 1. The first-order chi connectivity index (χ1) is 11.1. The van der Waals surface area contributed by atoms with E-state index in [4.69, 9.17) is 0 Å². The third-order valence-corrected chi connectivity index (χ3v) is 4.28. The lowest BCUT2D eigenvalue weighted by Crippen LogP contribution is -2.26. The fourth-order valence-electron chi connectivity index (χ4n) is 2.61. The zero-order valence-electron chi connectivity index (χ0n) is 12.6. The summed E-state index contributed by atoms with van der Waals surface area (Å²) in [4.78, 5) is 14.3. The standard InChI is InChI=1S/C19H15BrFNO/c1-22(12-14-11-15(20)9-10-18(14)21)19(23)17-8-4-6-13-5-2-3-7-16(13)17/h2-11H,12H2,1H3. The summed E-state index contributed by atoms with van der Waals surface area (Å²) in [5.74, 6) is -0.438. The Labute approximate surface area is 142 Å². The maximum absolute atomic E-state index is 13.9. The highest BCUT2D eigenvalue weighted by atomic mass is 79.9. The highest BCUT2D eigenvalue weighted by molar-refractivity contribution is 9.10. The van der Waals surface area contributed by atoms with E-state index in [1.165, 1.54) is 11.0 Å². The van der Waals surface area contributed by atoms with E-state index in [9.17, 15) is 9.18 Å². The molecule has 0 spiro atoms. The SMILES string of the molecule is CN(Cc1cc(Br)ccc1F)C(=O)c1cccc2ccccc12. The Hall–Kier alpha value is -2.20. The molecule has 0 radical (unpaired) electrons. The largest absolute Gasteiger partial charge is 0.337 e. The molecule has 0 atom stereocenters. The lowest BCUT2D eigenvalue weighted by molar-refractivity contribution is 0.0786. The van der Waals surface area contributed by atoms with Crippen molar-refractivity contribution in [3.63, 3.8) is 0 Å². The minimum absolute atomic E-state index is 0.124. The first kappa shape index (κ1) is 15.7. The molecule has 0 saturated heterocycles. The molecule has 0 aliphatic rings. The van der Waals surface area contributed by atoms with E-state index in [0.29, 0.717) is 11.1 Å². The van der Waals surface area contributed by atoms with Gasteiger partial charge in [-0.25, -0.2) is 4.39 Å². The van der Waals surface area contributed by atoms with Crippen LogP contribution in [0.4, 0.5) is 4.39 Å². The van der Waals surface area contributed by atoms with E-state index in [1.54, 1.807) is 25.2 Å². The van der Waals surface area contributed by atoms with Crippen molar-refractivity contribution in [3.8, 4) is 0 Å². The number of rotatable bonds is 3. The van der Waals surface area contributed by atoms with Gasteiger partial charge in [0.1, 0.15) is 5.82 Å². The van der Waals surface area contributed by atoms with Gasteiger partial charge >= 0.3 is 0 Å². The lowest BCUT2D eigenvalue weighted by Gasteiger charge is -2.19. The van der Waals surface area contributed by atoms with Crippen LogP contribution in [0.25, 0.3) is 10.8 Å². The Morgan fingerprint density at radius 2 is 1.83 bits per heavy atom. The summed E-state index contributed by atoms with van der Waals surface area (Å²) < 4.78 is 14.7. The number of carbonyl (C=O) groups is 1. The van der Waals surface area contributed by atoms with E-state index in [0.717, 1.165) is 15.2 Å². The molecule has 0 heterocycles. The number of hydrogen-bond acceptors (Lipinski definition) is 1. The molecule has 0 unspecified atom stereocenters. The molecule has 0 saturated carbocycles. The van der Waals surface area contributed by atoms with Crippen LogP contribution < -0.4 is 0 Å². The second kappa shape index (κ2) is 6.50. The number of fused-ring (bicyclic) bond motifs is 1. The molecule has 116 valence electrons. The molecular weight excluding hydrogens is 357 g/mol. The second-order valence-electron chi connectivity index (χ2n) is 5.42. The predicted octanol–water partition coefficient (Wildman–Crippen LogP) is 5.01. The van der Waals surface area contributed by atoms with Gasteiger partial charge in [-0.1, -0.05) is 52.3 Å². The molecule has 0 aliphatic heterocycles. The van der Waals surface area contributed by atoms with Gasteiger partial charge < -0.3 is 4.90 Å². The maximum atomic E-state index is 13.9. The molecule has 2 nitrogen and oxygen atoms in total. The number of hydrogen-bond donors (Lipinski definition) is 0. The topological polar surface area (TPSA) is 20.3 Å². The zero-order chi connectivity index (χ0) is 16.4. The minimum atomic E-state index is -0.314. The quantitative estimate of drug-likeness (QED) is 0.633. The smallest absolute Gasteiger partial charge is 0.254 e. The average molecular weight is 372 g/mol. The summed E-state index contributed by atoms with van der Waals surface area (Å²) in [6, 6.07) is 18.1. The molecule has 0 aromatic heterocycles. The highest BCUT2D eigenvalue weighted by Crippen LogP contribution is 2.22. The molecule has 4 heteroatoms. The van der Waals surface area contributed by atoms with Crippen molar-refractivity contribution in [2.45, 2.75) is 6.54 Å². The summed E-state index contributed by atoms with van der Waals surface area (Å²) in [5.41, 5.74) is 1.11. The Morgan fingerprint density at radius 1 is 1.09 bits per heavy atom. The van der Waals surface area contributed by atoms with Gasteiger partial charge in [0, 0.05) is 29.2 Å². The Bertz CT molecular complexity index is 873. The van der Waals surface area contributed by atoms with Crippen LogP contribution in [0.2, 0.25) is 0 Å². The summed E-state index contributed by atoms with van der Waals surface area (Å²) in [6.45, 7) is 0.216. The van der Waals surface area contributed by atoms with Crippen molar-refractivity contribution in [1.29, 1.82) is 0 Å². The van der Waals surface area contributed by atoms with Gasteiger partial charge in [0.2, 0.25) is 0 Å². The first-order valence-electron chi connectivity index (χ1n) is 7.23. The molecule has 3 rings (SSSR count). The van der Waals surface area contributed by atoms with Crippen LogP contribution in [0.5, 0.6) is 0 Å². The van der Waals surface area contributed by atoms with Crippen molar-refractivity contribution in [1.82, 2.24) is 4.90 Å². The maximum Gasteiger partial charge on any atom is 0.254 e. The highest BCUT2D eigenvalue weighted by Gasteiger charge is 2.16. The number of halogens is 2. The molecule has 0 aliphatic carbocycles. The monoisotopic (exact) mass is 371 g/mol. The molecule has 23 heavy (non-hydrogen) atoms. The Morgan fingerprint density at radius 3 is 2.65 bits per heavy atom. The van der Waals surface area contributed by atoms with Crippen LogP contribution in [0.1, 0.15) is 15.9 Å². The van der Waals surface area contributed by atoms with Crippen LogP contribution in [0, 0.1) is 5.82 Å². The van der Waals surface area contributed by atoms with E-state index >= 15 is 0 Å². The molecular formula is C19H15BrFNO. The van der Waals surface area contributed by atoms with Gasteiger partial charge in [0.05, 0.1) is 0 Å². The first-order valence-corrected chi connectivity index (χ1v) is 8.03. The third-order valence-electron chi connectivity index (χ3n) is 3.78. The normalized spacial score (nSPS) is 10.7. The van der Waals surface area contributed by atoms with Gasteiger partial charge in [-0.05, 0) is 35.0 Å². The predicted molar refractivity (Wildman–Crippen MR) is 93.8 cm³/mol. The van der Waals surface area contributed by atoms with Gasteiger partial charge in [-0.15, -0.1) is 0 Å². The summed E-state index contributed by atoms with van der Waals surface area (Å²) in [6.07, 6.45) is 0. The Kier molecular flexibility index (Phi) is 4.44. The summed E-state index contributed by atoms with van der Waals surface area (Å²) in [5, 5.41) is 1.92. The minimum Gasteiger partial charge on any atom is -0.337 e. The van der Waals surface area contributed by atoms with Gasteiger partial charge in [-0.2, -0.15) is 0 Å². The molecule has 0 N–H and O–H groups in total. The van der Waals surface area contributed by atoms with Crippen molar-refractivity contribution < 1.29 is 9.18 Å². The average Bonchev–Trinajstić information content (AvgIpc) is 2.57. The zero-order valence-corrected chi connectivity index (χ0v) is 14.2. The van der Waals surface area contributed by atoms with Crippen LogP contribution in [-0.4, -0.2) is 17.9 Å². The van der Waals surface area contributed by atoms with Crippen molar-refractivity contribution in [3.05, 3.63) is 82.1 Å². The van der Waals surface area contributed by atoms with Crippen LogP contribution >= 0.6 is 15.9 Å². The van der Waals surface area contributed by atoms with E-state index in [2.05, 4.69) is 15.9 Å². The summed E-state index contributed by atoms with van der Waals surface area (Å²) >= 11 is 3.33. The molecule has 3 aromatic rings. The Balaban J connectivity index is 1.91. The van der Waals surface area contributed by atoms with E-state index in [1.807, 2.05) is 36.4 Å². The third kappa shape index (κ3) is 3.27. The summed E-state index contributed by atoms with van der Waals surface area (Å²) in [7, 11) is 1.68. The second-order valence-corrected chi connectivity index (χ2v) is 6.34. The van der Waals surface area contributed by atoms with Crippen molar-refractivity contribution >= 4 is 32.6 Å². The van der Waals surface area contributed by atoms with E-state index < -0.39 is 0 Å². The molecule has 1 amide bonds. The molecule has 3 aromatic carbocycles. The van der Waals surface area contributed by atoms with Crippen LogP contribution in [-0.2, 0) is 6.54 Å². The van der Waals surface area contributed by atoms with Gasteiger partial charge in [0.15, 0.2) is 0 Å². The van der Waals surface area contributed by atoms with Gasteiger partial charge in [-0.3, -0.25) is 4.79 Å². The van der Waals surface area contributed by atoms with Gasteiger partial charge in [0.25, 0.3) is 5.91 Å². The van der Waals surface area contributed by atoms with Crippen molar-refractivity contribution in [2.75, 3.05) is 7.05 Å². The van der Waals surface area contributed by atoms with Crippen LogP contribution in [0.15, 0.2) is 65.1 Å². The number of nitrogens with zero attached hydrogens (tertiary/aromatic N) is 1. The van der Waals surface area contributed by atoms with E-state index in [-0.39, 0.29) is 18.3 Å². The lowest BCUT2D eigenvalue weighted by atomic mass is 10.0. The van der Waals surface area contributed by atoms with Crippen LogP contribution in [0.3, 0.4) is 0 Å². The fraction of sp³-hybridized carbons (Fsp3) is 0.105. The number of amides is 1. The van der Waals surface area contributed by atoms with Crippen molar-refractivity contribution in [2.24, 2.45) is 0 Å². The number of benzene rings is 3. The molecule has 0 fully saturated rings. The fourth-order valence-corrected chi connectivity index (χ4v) is 3.02.